The minimum Gasteiger partial charge on any atom is -0.395 e. The monoisotopic (exact) mass is 248 g/mol. The lowest BCUT2D eigenvalue weighted by Gasteiger charge is -2.16. The van der Waals surface area contributed by atoms with E-state index in [-0.39, 0.29) is 11.9 Å². The number of hydrogen-bond acceptors (Lipinski definition) is 3. The number of nitrogens with two attached hydrogens (primary N) is 1. The number of nitrogen functional groups attached to an aromatic ring is 1. The maximum absolute atomic E-state index is 12.1. The number of carbonyl (C=O) groups is 1. The Balaban J connectivity index is 1.71. The van der Waals surface area contributed by atoms with E-state index < -0.39 is 0 Å². The van der Waals surface area contributed by atoms with E-state index in [9.17, 15) is 4.79 Å². The van der Waals surface area contributed by atoms with E-state index in [1.807, 2.05) is 0 Å². The van der Waals surface area contributed by atoms with Crippen molar-refractivity contribution in [2.24, 2.45) is 5.92 Å². The van der Waals surface area contributed by atoms with Gasteiger partial charge < -0.3 is 11.1 Å². The summed E-state index contributed by atoms with van der Waals surface area (Å²) >= 11 is 0. The van der Waals surface area contributed by atoms with Crippen LogP contribution in [0.3, 0.4) is 0 Å². The van der Waals surface area contributed by atoms with Gasteiger partial charge in [0.05, 0.1) is 11.4 Å². The molecule has 2 unspecified atom stereocenters. The molecule has 5 heteroatoms. The highest BCUT2D eigenvalue weighted by atomic mass is 16.2. The van der Waals surface area contributed by atoms with Crippen molar-refractivity contribution in [1.82, 2.24) is 15.5 Å². The van der Waals surface area contributed by atoms with E-state index in [1.54, 1.807) is 0 Å². The van der Waals surface area contributed by atoms with Gasteiger partial charge in [-0.3, -0.25) is 9.89 Å². The molecule has 0 bridgehead atoms. The van der Waals surface area contributed by atoms with Crippen LogP contribution in [0.2, 0.25) is 0 Å². The molecule has 0 spiro atoms. The summed E-state index contributed by atoms with van der Waals surface area (Å²) in [7, 11) is 0. The number of aromatic nitrogens is 2. The van der Waals surface area contributed by atoms with Gasteiger partial charge in [0.15, 0.2) is 5.69 Å². The van der Waals surface area contributed by atoms with Crippen LogP contribution >= 0.6 is 0 Å². The fourth-order valence-corrected chi connectivity index (χ4v) is 2.82. The molecule has 0 aliphatic heterocycles. The SMILES string of the molecule is CC1CCCC1NC(=O)c1n[nH]c(C2CC2)c1N. The fourth-order valence-electron chi connectivity index (χ4n) is 2.82. The van der Waals surface area contributed by atoms with E-state index in [0.29, 0.717) is 23.2 Å². The molecule has 2 aliphatic carbocycles. The molecule has 2 atom stereocenters. The molecule has 1 heterocycles. The molecular weight excluding hydrogens is 228 g/mol. The van der Waals surface area contributed by atoms with Crippen molar-refractivity contribution in [3.63, 3.8) is 0 Å². The molecule has 5 nitrogen and oxygen atoms in total. The van der Waals surface area contributed by atoms with Gasteiger partial charge in [-0.1, -0.05) is 13.3 Å². The van der Waals surface area contributed by atoms with Gasteiger partial charge in [0.2, 0.25) is 0 Å². The summed E-state index contributed by atoms with van der Waals surface area (Å²) in [6.07, 6.45) is 5.73. The maximum atomic E-state index is 12.1. The lowest BCUT2D eigenvalue weighted by atomic mass is 10.1. The molecule has 2 fully saturated rings. The lowest BCUT2D eigenvalue weighted by molar-refractivity contribution is 0.0925. The summed E-state index contributed by atoms with van der Waals surface area (Å²) in [6.45, 7) is 2.18. The molecule has 0 aromatic carbocycles. The number of amides is 1. The Kier molecular flexibility index (Phi) is 2.76. The summed E-state index contributed by atoms with van der Waals surface area (Å²) < 4.78 is 0. The molecule has 0 saturated heterocycles. The van der Waals surface area contributed by atoms with Crippen LogP contribution in [0.25, 0.3) is 0 Å². The van der Waals surface area contributed by atoms with Crippen LogP contribution in [0, 0.1) is 5.92 Å². The highest BCUT2D eigenvalue weighted by Crippen LogP contribution is 2.42. The molecule has 2 aliphatic rings. The second-order valence-electron chi connectivity index (χ2n) is 5.66. The Morgan fingerprint density at radius 3 is 2.78 bits per heavy atom. The molecule has 0 radical (unpaired) electrons. The fraction of sp³-hybridized carbons (Fsp3) is 0.692. The molecule has 3 rings (SSSR count). The largest absolute Gasteiger partial charge is 0.395 e. The number of rotatable bonds is 3. The van der Waals surface area contributed by atoms with Crippen molar-refractivity contribution in [2.75, 3.05) is 5.73 Å². The zero-order valence-corrected chi connectivity index (χ0v) is 10.7. The van der Waals surface area contributed by atoms with Crippen LogP contribution in [0.15, 0.2) is 0 Å². The molecule has 1 amide bonds. The van der Waals surface area contributed by atoms with Gasteiger partial charge in [0.1, 0.15) is 0 Å². The second kappa shape index (κ2) is 4.30. The number of anilines is 1. The second-order valence-corrected chi connectivity index (χ2v) is 5.66. The van der Waals surface area contributed by atoms with Gasteiger partial charge in [0, 0.05) is 12.0 Å². The van der Waals surface area contributed by atoms with E-state index in [4.69, 9.17) is 5.73 Å². The summed E-state index contributed by atoms with van der Waals surface area (Å²) in [5, 5.41) is 10.1. The summed E-state index contributed by atoms with van der Waals surface area (Å²) in [4.78, 5) is 12.1. The zero-order valence-electron chi connectivity index (χ0n) is 10.7. The molecule has 4 N–H and O–H groups in total. The average Bonchev–Trinajstić information content (AvgIpc) is 3.00. The Bertz CT molecular complexity index is 464. The van der Waals surface area contributed by atoms with Crippen molar-refractivity contribution in [3.8, 4) is 0 Å². The van der Waals surface area contributed by atoms with E-state index in [0.717, 1.165) is 25.0 Å². The predicted octanol–water partition coefficient (Wildman–Crippen LogP) is 1.79. The first-order chi connectivity index (χ1) is 8.66. The Hall–Kier alpha value is -1.52. The van der Waals surface area contributed by atoms with Crippen LogP contribution in [-0.4, -0.2) is 22.1 Å². The minimum absolute atomic E-state index is 0.130. The number of aromatic amines is 1. The van der Waals surface area contributed by atoms with E-state index in [2.05, 4.69) is 22.4 Å². The third-order valence-corrected chi connectivity index (χ3v) is 4.21. The number of nitrogens with zero attached hydrogens (tertiary/aromatic N) is 1. The summed E-state index contributed by atoms with van der Waals surface area (Å²) in [5.41, 5.74) is 7.86. The first kappa shape index (κ1) is 11.6. The molecule has 2 saturated carbocycles. The molecular formula is C13H20N4O. The number of H-pyrrole nitrogens is 1. The van der Waals surface area contributed by atoms with Crippen LogP contribution in [-0.2, 0) is 0 Å². The van der Waals surface area contributed by atoms with Gasteiger partial charge in [0.25, 0.3) is 5.91 Å². The maximum Gasteiger partial charge on any atom is 0.274 e. The standard InChI is InChI=1S/C13H20N4O/c1-7-3-2-4-9(7)15-13(18)12-10(14)11(16-17-12)8-5-6-8/h7-9H,2-6,14H2,1H3,(H,15,18)(H,16,17). The molecule has 18 heavy (non-hydrogen) atoms. The summed E-state index contributed by atoms with van der Waals surface area (Å²) in [6, 6.07) is 0.276. The Morgan fingerprint density at radius 1 is 1.39 bits per heavy atom. The third kappa shape index (κ3) is 1.98. The van der Waals surface area contributed by atoms with Crippen molar-refractivity contribution in [2.45, 2.75) is 51.0 Å². The van der Waals surface area contributed by atoms with Crippen molar-refractivity contribution in [3.05, 3.63) is 11.4 Å². The molecule has 98 valence electrons. The van der Waals surface area contributed by atoms with Gasteiger partial charge >= 0.3 is 0 Å². The Morgan fingerprint density at radius 2 is 2.17 bits per heavy atom. The van der Waals surface area contributed by atoms with Gasteiger partial charge in [-0.2, -0.15) is 5.10 Å². The van der Waals surface area contributed by atoms with Gasteiger partial charge in [-0.25, -0.2) is 0 Å². The minimum atomic E-state index is -0.130. The number of hydrogen-bond donors (Lipinski definition) is 3. The van der Waals surface area contributed by atoms with Crippen LogP contribution in [0.4, 0.5) is 5.69 Å². The predicted molar refractivity (Wildman–Crippen MR) is 69.2 cm³/mol. The van der Waals surface area contributed by atoms with E-state index in [1.165, 1.54) is 12.8 Å². The van der Waals surface area contributed by atoms with Gasteiger partial charge in [-0.15, -0.1) is 0 Å². The quantitative estimate of drug-likeness (QED) is 0.762. The Labute approximate surface area is 107 Å². The average molecular weight is 248 g/mol. The first-order valence-electron chi connectivity index (χ1n) is 6.81. The van der Waals surface area contributed by atoms with Crippen molar-refractivity contribution in [1.29, 1.82) is 0 Å². The normalized spacial score (nSPS) is 27.4. The first-order valence-corrected chi connectivity index (χ1v) is 6.81. The number of carbonyl (C=O) groups excluding carboxylic acids is 1. The van der Waals surface area contributed by atoms with Crippen LogP contribution < -0.4 is 11.1 Å². The highest BCUT2D eigenvalue weighted by molar-refractivity contribution is 5.97. The van der Waals surface area contributed by atoms with Crippen molar-refractivity contribution < 1.29 is 4.79 Å². The van der Waals surface area contributed by atoms with Crippen molar-refractivity contribution >= 4 is 11.6 Å². The van der Waals surface area contributed by atoms with E-state index >= 15 is 0 Å². The number of nitrogens with one attached hydrogen (secondary N) is 2. The van der Waals surface area contributed by atoms with Crippen LogP contribution in [0.1, 0.15) is 61.1 Å². The van der Waals surface area contributed by atoms with Crippen LogP contribution in [0.5, 0.6) is 0 Å². The third-order valence-electron chi connectivity index (χ3n) is 4.21. The smallest absolute Gasteiger partial charge is 0.274 e. The van der Waals surface area contributed by atoms with Gasteiger partial charge in [-0.05, 0) is 31.6 Å². The molecule has 1 aromatic rings. The molecule has 1 aromatic heterocycles. The topological polar surface area (TPSA) is 83.8 Å². The lowest BCUT2D eigenvalue weighted by Crippen LogP contribution is -2.36. The highest BCUT2D eigenvalue weighted by Gasteiger charge is 2.31. The zero-order chi connectivity index (χ0) is 12.7. The summed E-state index contributed by atoms with van der Waals surface area (Å²) in [5.74, 6) is 0.913.